The molecule has 1 aliphatic rings. The number of ether oxygens (including phenoxy) is 1. The second-order valence-electron chi connectivity index (χ2n) is 5.03. The van der Waals surface area contributed by atoms with Gasteiger partial charge in [-0.1, -0.05) is 32.6 Å². The molecule has 0 aliphatic carbocycles. The fourth-order valence-electron chi connectivity index (χ4n) is 2.27. The fourth-order valence-corrected chi connectivity index (χ4v) is 2.27. The minimum Gasteiger partial charge on any atom is -0.467 e. The molecule has 1 rings (SSSR count). The molecule has 0 saturated carbocycles. The van der Waals surface area contributed by atoms with Crippen molar-refractivity contribution in [1.29, 1.82) is 0 Å². The van der Waals surface area contributed by atoms with E-state index in [4.69, 9.17) is 0 Å². The van der Waals surface area contributed by atoms with Crippen LogP contribution < -0.4 is 5.32 Å². The topological polar surface area (TPSA) is 75.7 Å². The molecule has 114 valence electrons. The number of methoxy groups -OCH3 is 1. The summed E-state index contributed by atoms with van der Waals surface area (Å²) in [5.41, 5.74) is 0. The molecule has 6 nitrogen and oxygen atoms in total. The van der Waals surface area contributed by atoms with Gasteiger partial charge in [0.15, 0.2) is 0 Å². The van der Waals surface area contributed by atoms with Crippen LogP contribution in [-0.2, 0) is 19.1 Å². The number of unbranched alkanes of at least 4 members (excludes halogenated alkanes) is 4. The van der Waals surface area contributed by atoms with E-state index in [0.29, 0.717) is 6.42 Å². The third-order valence-electron chi connectivity index (χ3n) is 3.47. The second kappa shape index (κ2) is 8.55. The highest BCUT2D eigenvalue weighted by Gasteiger charge is 2.35. The molecule has 0 aromatic carbocycles. The van der Waals surface area contributed by atoms with E-state index in [9.17, 15) is 14.4 Å². The van der Waals surface area contributed by atoms with E-state index in [2.05, 4.69) is 17.0 Å². The van der Waals surface area contributed by atoms with Gasteiger partial charge in [0.1, 0.15) is 12.6 Å². The van der Waals surface area contributed by atoms with Gasteiger partial charge in [-0.3, -0.25) is 9.59 Å². The number of hydrogen-bond acceptors (Lipinski definition) is 4. The SMILES string of the molecule is CCCCCCCC(=O)N1CC(=O)NCC1C(=O)OC. The maximum Gasteiger partial charge on any atom is 0.330 e. The average molecular weight is 284 g/mol. The van der Waals surface area contributed by atoms with Crippen LogP contribution in [0.25, 0.3) is 0 Å². The van der Waals surface area contributed by atoms with Gasteiger partial charge in [0.25, 0.3) is 0 Å². The molecule has 0 aromatic rings. The molecule has 0 radical (unpaired) electrons. The van der Waals surface area contributed by atoms with Gasteiger partial charge in [-0.15, -0.1) is 0 Å². The zero-order valence-electron chi connectivity index (χ0n) is 12.3. The van der Waals surface area contributed by atoms with Crippen molar-refractivity contribution in [1.82, 2.24) is 10.2 Å². The number of piperazine rings is 1. The summed E-state index contributed by atoms with van der Waals surface area (Å²) >= 11 is 0. The van der Waals surface area contributed by atoms with Crippen molar-refractivity contribution in [3.8, 4) is 0 Å². The predicted molar refractivity (Wildman–Crippen MR) is 73.9 cm³/mol. The minimum absolute atomic E-state index is 0.0619. The number of nitrogens with one attached hydrogen (secondary N) is 1. The van der Waals surface area contributed by atoms with Gasteiger partial charge in [-0.25, -0.2) is 4.79 Å². The van der Waals surface area contributed by atoms with Crippen molar-refractivity contribution in [2.75, 3.05) is 20.2 Å². The Hall–Kier alpha value is -1.59. The van der Waals surface area contributed by atoms with Gasteiger partial charge in [-0.2, -0.15) is 0 Å². The molecule has 1 unspecified atom stereocenters. The second-order valence-corrected chi connectivity index (χ2v) is 5.03. The maximum absolute atomic E-state index is 12.1. The Bertz CT molecular complexity index is 357. The molecule has 1 N–H and O–H groups in total. The molecule has 20 heavy (non-hydrogen) atoms. The van der Waals surface area contributed by atoms with Crippen LogP contribution >= 0.6 is 0 Å². The summed E-state index contributed by atoms with van der Waals surface area (Å²) in [6, 6.07) is -0.694. The van der Waals surface area contributed by atoms with Crippen LogP contribution in [0, 0.1) is 0 Å². The molecule has 1 atom stereocenters. The first-order valence-corrected chi connectivity index (χ1v) is 7.24. The molecule has 1 saturated heterocycles. The molecule has 6 heteroatoms. The molecular formula is C14H24N2O4. The standard InChI is InChI=1S/C14H24N2O4/c1-3-4-5-6-7-8-13(18)16-10-12(17)15-9-11(16)14(19)20-2/h11H,3-10H2,1-2H3,(H,15,17). The summed E-state index contributed by atoms with van der Waals surface area (Å²) in [5, 5.41) is 2.58. The third-order valence-corrected chi connectivity index (χ3v) is 3.47. The zero-order chi connectivity index (χ0) is 15.0. The summed E-state index contributed by atoms with van der Waals surface area (Å²) in [7, 11) is 1.28. The Morgan fingerprint density at radius 1 is 1.30 bits per heavy atom. The number of hydrogen-bond donors (Lipinski definition) is 1. The Morgan fingerprint density at radius 2 is 2.00 bits per heavy atom. The van der Waals surface area contributed by atoms with Crippen molar-refractivity contribution >= 4 is 17.8 Å². The quantitative estimate of drug-likeness (QED) is 0.555. The van der Waals surface area contributed by atoms with Crippen LogP contribution in [0.5, 0.6) is 0 Å². The third kappa shape index (κ3) is 4.83. The molecule has 1 heterocycles. The van der Waals surface area contributed by atoms with E-state index >= 15 is 0 Å². The van der Waals surface area contributed by atoms with Gasteiger partial charge < -0.3 is 15.0 Å². The Morgan fingerprint density at radius 3 is 2.65 bits per heavy atom. The molecule has 0 aromatic heterocycles. The lowest BCUT2D eigenvalue weighted by atomic mass is 10.1. The lowest BCUT2D eigenvalue weighted by molar-refractivity contribution is -0.156. The number of nitrogens with zero attached hydrogens (tertiary/aromatic N) is 1. The molecule has 0 spiro atoms. The van der Waals surface area contributed by atoms with Crippen LogP contribution in [-0.4, -0.2) is 48.9 Å². The number of esters is 1. The van der Waals surface area contributed by atoms with Gasteiger partial charge >= 0.3 is 5.97 Å². The first kappa shape index (κ1) is 16.5. The van der Waals surface area contributed by atoms with Gasteiger partial charge in [0.05, 0.1) is 7.11 Å². The van der Waals surface area contributed by atoms with Crippen molar-refractivity contribution in [3.05, 3.63) is 0 Å². The fraction of sp³-hybridized carbons (Fsp3) is 0.786. The van der Waals surface area contributed by atoms with Crippen LogP contribution in [0.4, 0.5) is 0 Å². The van der Waals surface area contributed by atoms with E-state index in [-0.39, 0.29) is 24.9 Å². The van der Waals surface area contributed by atoms with Crippen molar-refractivity contribution < 1.29 is 19.1 Å². The molecule has 1 aliphatic heterocycles. The van der Waals surface area contributed by atoms with E-state index in [1.54, 1.807) is 0 Å². The summed E-state index contributed by atoms with van der Waals surface area (Å²) < 4.78 is 4.68. The maximum atomic E-state index is 12.1. The summed E-state index contributed by atoms with van der Waals surface area (Å²) in [4.78, 5) is 36.5. The highest BCUT2D eigenvalue weighted by atomic mass is 16.5. The van der Waals surface area contributed by atoms with Crippen LogP contribution in [0.15, 0.2) is 0 Å². The lowest BCUT2D eigenvalue weighted by Gasteiger charge is -2.33. The number of amides is 2. The number of carbonyl (C=O) groups is 3. The van der Waals surface area contributed by atoms with E-state index < -0.39 is 12.0 Å². The molecule has 1 fully saturated rings. The summed E-state index contributed by atoms with van der Waals surface area (Å²) in [6.45, 7) is 2.21. The summed E-state index contributed by atoms with van der Waals surface area (Å²) in [6.07, 6.45) is 5.62. The Labute approximate surface area is 119 Å². The highest BCUT2D eigenvalue weighted by molar-refractivity contribution is 5.91. The van der Waals surface area contributed by atoms with E-state index in [0.717, 1.165) is 25.7 Å². The molecule has 2 amide bonds. The van der Waals surface area contributed by atoms with Gasteiger partial charge in [0.2, 0.25) is 11.8 Å². The van der Waals surface area contributed by atoms with Gasteiger partial charge in [-0.05, 0) is 6.42 Å². The number of rotatable bonds is 7. The first-order valence-electron chi connectivity index (χ1n) is 7.24. The Kier molecular flexibility index (Phi) is 7.04. The van der Waals surface area contributed by atoms with Crippen molar-refractivity contribution in [3.63, 3.8) is 0 Å². The highest BCUT2D eigenvalue weighted by Crippen LogP contribution is 2.12. The average Bonchev–Trinajstić information content (AvgIpc) is 2.46. The van der Waals surface area contributed by atoms with Crippen LogP contribution in [0.3, 0.4) is 0 Å². The number of carbonyl (C=O) groups excluding carboxylic acids is 3. The normalized spacial score (nSPS) is 18.6. The largest absolute Gasteiger partial charge is 0.467 e. The predicted octanol–water partition coefficient (Wildman–Crippen LogP) is 0.847. The van der Waals surface area contributed by atoms with E-state index in [1.165, 1.54) is 18.4 Å². The van der Waals surface area contributed by atoms with Crippen molar-refractivity contribution in [2.24, 2.45) is 0 Å². The lowest BCUT2D eigenvalue weighted by Crippen LogP contribution is -2.59. The molecular weight excluding hydrogens is 260 g/mol. The minimum atomic E-state index is -0.694. The van der Waals surface area contributed by atoms with Crippen LogP contribution in [0.2, 0.25) is 0 Å². The first-order chi connectivity index (χ1) is 9.60. The van der Waals surface area contributed by atoms with Crippen LogP contribution in [0.1, 0.15) is 45.4 Å². The zero-order valence-corrected chi connectivity index (χ0v) is 12.3. The van der Waals surface area contributed by atoms with E-state index in [1.807, 2.05) is 0 Å². The smallest absolute Gasteiger partial charge is 0.330 e. The molecule has 0 bridgehead atoms. The van der Waals surface area contributed by atoms with Gasteiger partial charge in [0, 0.05) is 13.0 Å². The summed E-state index contributed by atoms with van der Waals surface area (Å²) in [5.74, 6) is -0.861. The monoisotopic (exact) mass is 284 g/mol. The Balaban J connectivity index is 2.48. The van der Waals surface area contributed by atoms with Crippen molar-refractivity contribution in [2.45, 2.75) is 51.5 Å².